The number of benzene rings is 2. The molecule has 27 N–H and O–H groups in total. The van der Waals surface area contributed by atoms with E-state index < -0.39 is 197 Å². The van der Waals surface area contributed by atoms with Crippen molar-refractivity contribution in [1.29, 1.82) is 0 Å². The van der Waals surface area contributed by atoms with Crippen molar-refractivity contribution in [2.45, 2.75) is 309 Å². The van der Waals surface area contributed by atoms with E-state index in [-0.39, 0.29) is 88.6 Å². The van der Waals surface area contributed by atoms with Gasteiger partial charge in [0.2, 0.25) is 88.6 Å². The first kappa shape index (κ1) is 113. The van der Waals surface area contributed by atoms with E-state index in [1.54, 1.807) is 78.1 Å². The minimum absolute atomic E-state index is 0.00567. The molecule has 1 aromatic heterocycles. The molecule has 0 saturated heterocycles. The molecule has 37 nitrogen and oxygen atoms in total. The first-order chi connectivity index (χ1) is 60.9. The van der Waals surface area contributed by atoms with Gasteiger partial charge in [0.15, 0.2) is 0 Å². The van der Waals surface area contributed by atoms with E-state index >= 15 is 14.4 Å². The quantitative estimate of drug-likeness (QED) is 0.0278. The van der Waals surface area contributed by atoms with Crippen molar-refractivity contribution in [2.24, 2.45) is 69.9 Å². The van der Waals surface area contributed by atoms with Gasteiger partial charge in [0.25, 0.3) is 0 Å². The number of carbonyl (C=O) groups is 15. The number of nitrogens with two attached hydrogens (primary N) is 6. The fraction of sp³-hybridized carbons (Fsp3) is 0.685. The topological polar surface area (TPSA) is 596 Å². The molecule has 1 heterocycles. The summed E-state index contributed by atoms with van der Waals surface area (Å²) in [5.41, 5.74) is 37.5. The molecule has 0 radical (unpaired) electrons. The summed E-state index contributed by atoms with van der Waals surface area (Å²) in [5, 5.41) is 39.6. The summed E-state index contributed by atoms with van der Waals surface area (Å²) in [5.74, 6) is -13.0. The monoisotopic (exact) mass is 1810 g/mol. The van der Waals surface area contributed by atoms with E-state index in [1.807, 2.05) is 87.0 Å². The minimum atomic E-state index is -1.38. The Morgan fingerprint density at radius 1 is 0.364 bits per heavy atom. The van der Waals surface area contributed by atoms with Crippen LogP contribution in [0.4, 0.5) is 0 Å². The second kappa shape index (κ2) is 59.2. The number of hydrogen-bond donors (Lipinski definition) is 21. The van der Waals surface area contributed by atoms with Crippen LogP contribution in [0.5, 0.6) is 0 Å². The van der Waals surface area contributed by atoms with Crippen LogP contribution in [0.3, 0.4) is 0 Å². The van der Waals surface area contributed by atoms with Crippen LogP contribution in [0, 0.1) is 35.5 Å². The molecule has 37 heteroatoms. The maximum atomic E-state index is 15.1. The number of H-pyrrole nitrogens is 1. The molecule has 15 atom stereocenters. The lowest BCUT2D eigenvalue weighted by molar-refractivity contribution is -0.870. The average molecular weight is 1810 g/mol. The molecule has 0 aliphatic carbocycles. The summed E-state index contributed by atoms with van der Waals surface area (Å²) >= 11 is 0. The van der Waals surface area contributed by atoms with Crippen LogP contribution in [0.2, 0.25) is 0 Å². The van der Waals surface area contributed by atoms with Gasteiger partial charge in [0, 0.05) is 29.9 Å². The fourth-order valence-corrected chi connectivity index (χ4v) is 14.7. The van der Waals surface area contributed by atoms with Gasteiger partial charge in [-0.05, 0) is 195 Å². The van der Waals surface area contributed by atoms with Crippen LogP contribution < -0.4 is 109 Å². The molecule has 0 bridgehead atoms. The number of unbranched alkanes of at least 4 members (excludes halogenated alkanes) is 5. The smallest absolute Gasteiger partial charge is 0.243 e. The third-order valence-corrected chi connectivity index (χ3v) is 22.4. The Balaban J connectivity index is 1.92. The summed E-state index contributed by atoms with van der Waals surface area (Å²) in [6.07, 6.45) is 7.84. The fourth-order valence-electron chi connectivity index (χ4n) is 14.7. The highest BCUT2D eigenvalue weighted by atomic mass is 16.2. The molecule has 129 heavy (non-hydrogen) atoms. The Kier molecular flexibility index (Phi) is 51.8. The molecule has 0 unspecified atom stereocenters. The zero-order chi connectivity index (χ0) is 96.8. The van der Waals surface area contributed by atoms with Crippen LogP contribution in [0.25, 0.3) is 10.9 Å². The Hall–Kier alpha value is -10.2. The number of quaternary nitrogens is 1. The zero-order valence-corrected chi connectivity index (χ0v) is 79.4. The second-order valence-corrected chi connectivity index (χ2v) is 37.2. The number of carbonyl (C=O) groups excluding carboxylic acids is 15. The van der Waals surface area contributed by atoms with Crippen molar-refractivity contribution in [2.75, 3.05) is 60.4 Å². The van der Waals surface area contributed by atoms with Crippen LogP contribution >= 0.6 is 0 Å². The van der Waals surface area contributed by atoms with Crippen LogP contribution in [0.1, 0.15) is 223 Å². The number of hydrogen-bond acceptors (Lipinski definition) is 20. The van der Waals surface area contributed by atoms with E-state index in [0.29, 0.717) is 112 Å². The molecule has 0 spiro atoms. The van der Waals surface area contributed by atoms with Crippen molar-refractivity contribution in [3.63, 3.8) is 0 Å². The highest BCUT2D eigenvalue weighted by Crippen LogP contribution is 2.22. The van der Waals surface area contributed by atoms with Crippen LogP contribution in [-0.2, 0) is 84.8 Å². The third-order valence-electron chi connectivity index (χ3n) is 22.4. The van der Waals surface area contributed by atoms with Gasteiger partial charge >= 0.3 is 0 Å². The van der Waals surface area contributed by atoms with Gasteiger partial charge in [-0.2, -0.15) is 0 Å². The highest BCUT2D eigenvalue weighted by molar-refractivity contribution is 6.01. The molecular formula is C92H159N22O15+. The number of aromatic amines is 1. The van der Waals surface area contributed by atoms with Gasteiger partial charge in [0.1, 0.15) is 78.5 Å². The Labute approximate surface area is 763 Å². The van der Waals surface area contributed by atoms with E-state index in [4.69, 9.17) is 34.4 Å². The molecule has 2 aromatic carbocycles. The van der Waals surface area contributed by atoms with Gasteiger partial charge in [-0.25, -0.2) is 0 Å². The molecule has 726 valence electrons. The Morgan fingerprint density at radius 3 is 1.16 bits per heavy atom. The number of fused-ring (bicyclic) bond motifs is 1. The number of nitrogens with zero attached hydrogens (tertiary/aromatic N) is 1. The number of rotatable bonds is 64. The molecular weight excluding hydrogens is 1650 g/mol. The van der Waals surface area contributed by atoms with Gasteiger partial charge in [0.05, 0.1) is 40.3 Å². The lowest BCUT2D eigenvalue weighted by Gasteiger charge is -2.29. The second-order valence-electron chi connectivity index (χ2n) is 37.2. The lowest BCUT2D eigenvalue weighted by atomic mass is 9.97. The normalized spacial score (nSPS) is 15.1. The molecule has 0 saturated carbocycles. The third kappa shape index (κ3) is 42.5. The van der Waals surface area contributed by atoms with Gasteiger partial charge in [-0.1, -0.05) is 144 Å². The van der Waals surface area contributed by atoms with Crippen molar-refractivity contribution in [3.05, 3.63) is 71.9 Å². The first-order valence-electron chi connectivity index (χ1n) is 46.3. The van der Waals surface area contributed by atoms with E-state index in [9.17, 15) is 57.5 Å². The number of nitrogens with one attached hydrogen (secondary N) is 15. The maximum Gasteiger partial charge on any atom is 0.243 e. The van der Waals surface area contributed by atoms with Crippen LogP contribution in [-0.4, -0.2) is 243 Å². The molecule has 3 rings (SSSR count). The summed E-state index contributed by atoms with van der Waals surface area (Å²) in [7, 11) is 6.02. The van der Waals surface area contributed by atoms with Gasteiger partial charge in [-0.3, -0.25) is 71.9 Å². The highest BCUT2D eigenvalue weighted by Gasteiger charge is 2.40. The van der Waals surface area contributed by atoms with E-state index in [2.05, 4.69) is 79.4 Å². The molecule has 0 aliphatic heterocycles. The van der Waals surface area contributed by atoms with Crippen molar-refractivity contribution < 1.29 is 76.4 Å². The maximum absolute atomic E-state index is 15.1. The largest absolute Gasteiger partial charge is 0.368 e. The van der Waals surface area contributed by atoms with Gasteiger partial charge < -0.3 is 118 Å². The number of amides is 15. The predicted molar refractivity (Wildman–Crippen MR) is 499 cm³/mol. The van der Waals surface area contributed by atoms with Crippen molar-refractivity contribution in [1.82, 2.24) is 79.4 Å². The SMILES string of the molecule is CC[C@H](C)[C@H](NC(=O)[C@H](CCCC[N+](C)(C)C)NC(=O)[C@H](CCCCN)NC(=O)[C@H](Cc1ccccc1)NC(=O)[C@H](CC(C)C)NC(=O)[C@H](CCCCN)NC(=O)[C@H](Cc1c[nH]c2ccccc12)NC(=O)[C@@H](N)CCCCN)C(=O)NCC(=O)N[C@@H](C)C(=O)N[C@H](C(=O)N[C@@H](CC(C)C)C(=O)N[C@@H](CCCCN)C(=O)N[C@H](C(=O)N[C@@H](CC(C)C)C(N)=O)C(C)C)C(C)C. The summed E-state index contributed by atoms with van der Waals surface area (Å²) in [4.78, 5) is 217. The zero-order valence-electron chi connectivity index (χ0n) is 79.4. The first-order valence-corrected chi connectivity index (χ1v) is 46.3. The predicted octanol–water partition coefficient (Wildman–Crippen LogP) is 1.09. The molecule has 0 fully saturated rings. The van der Waals surface area contributed by atoms with Crippen molar-refractivity contribution >= 4 is 99.5 Å². The van der Waals surface area contributed by atoms with E-state index in [0.717, 1.165) is 10.9 Å². The summed E-state index contributed by atoms with van der Waals surface area (Å²) < 4.78 is 0.585. The summed E-state index contributed by atoms with van der Waals surface area (Å²) in [6, 6.07) is -0.872. The molecule has 3 aromatic rings. The standard InChI is InChI=1S/C92H158N22O15/c1-17-59(12)78(90(127)100-53-75(115)101-60(13)80(117)111-76(57(8)9)92(129)110-72(49-56(6)7)86(123)105-68(40-26-31-45-96)84(121)112-77(58(10)11)91(128)106-70(79(98)116)47-54(2)3)113-85(122)69(41-27-32-46-114(14,15)16)102-82(119)66(38-24-29-43-94)103-88(125)73(50-61-33-19-18-20-34-61)109-87(124)71(48-55(4)5)108-83(120)67(39-25-30-44-95)104-89(126)74(107-81(118)64(97)36-23-28-42-93)51-62-52-99-65-37-22-21-35-63(62)65/h18-22,33-35,37,52,54-60,64,66-74,76-78,99H,17,23-32,36,38-51,53,93-97H2,1-16H3,(H15-,98,100,101,102,103,104,105,106,107,108,109,110,111,112,113,115,116,117,118,119,120,121,122,123,124,125,126,127,128,129)/p+1/t59-,60-,64-,66-,67-,68-,69-,70-,71-,72-,73-,74-,76-,77-,78-/m0/s1. The minimum Gasteiger partial charge on any atom is -0.368 e. The van der Waals surface area contributed by atoms with Gasteiger partial charge in [-0.15, -0.1) is 0 Å². The Morgan fingerprint density at radius 2 is 0.721 bits per heavy atom. The van der Waals surface area contributed by atoms with E-state index in [1.165, 1.54) is 6.92 Å². The van der Waals surface area contributed by atoms with Crippen molar-refractivity contribution in [3.8, 4) is 0 Å². The Bertz CT molecular complexity index is 4020. The number of para-hydroxylation sites is 1. The van der Waals surface area contributed by atoms with Crippen LogP contribution in [0.15, 0.2) is 60.8 Å². The number of primary amides is 1. The molecule has 15 amide bonds. The average Bonchev–Trinajstić information content (AvgIpc) is 1.65. The number of aromatic nitrogens is 1. The molecule has 0 aliphatic rings. The lowest BCUT2D eigenvalue weighted by Crippen LogP contribution is -2.61. The summed E-state index contributed by atoms with van der Waals surface area (Å²) in [6.45, 7) is 23.9.